The maximum Gasteiger partial charge on any atom is 0.223 e. The highest BCUT2D eigenvalue weighted by Crippen LogP contribution is 2.31. The van der Waals surface area contributed by atoms with Crippen molar-refractivity contribution < 1.29 is 18.7 Å². The predicted octanol–water partition coefficient (Wildman–Crippen LogP) is 2.73. The number of hydrogen-bond acceptors (Lipinski definition) is 7. The topological polar surface area (TPSA) is 69.9 Å². The first-order chi connectivity index (χ1) is 13.1. The minimum Gasteiger partial charge on any atom is -0.485 e. The fourth-order valence-electron chi connectivity index (χ4n) is 3.82. The lowest BCUT2D eigenvalue weighted by molar-refractivity contribution is -0.156. The first-order valence-corrected chi connectivity index (χ1v) is 9.63. The van der Waals surface area contributed by atoms with Crippen LogP contribution >= 0.6 is 0 Å². The number of nitrogens with zero attached hydrogens (tertiary/aromatic N) is 3. The molecule has 0 saturated carbocycles. The van der Waals surface area contributed by atoms with Gasteiger partial charge in [-0.25, -0.2) is 0 Å². The zero-order chi connectivity index (χ0) is 18.7. The van der Waals surface area contributed by atoms with Crippen molar-refractivity contribution in [2.75, 3.05) is 26.3 Å². The Labute approximate surface area is 159 Å². The number of aryl methyl sites for hydroxylation is 1. The molecule has 2 atom stereocenters. The highest BCUT2D eigenvalue weighted by Gasteiger charge is 2.43. The van der Waals surface area contributed by atoms with E-state index in [1.807, 2.05) is 12.1 Å². The van der Waals surface area contributed by atoms with Crippen LogP contribution in [0.15, 0.2) is 28.8 Å². The highest BCUT2D eigenvalue weighted by atomic mass is 16.6. The molecule has 7 nitrogen and oxygen atoms in total. The summed E-state index contributed by atoms with van der Waals surface area (Å²) in [5.41, 5.74) is 1.15. The first-order valence-electron chi connectivity index (χ1n) is 9.63. The molecule has 2 aliphatic heterocycles. The molecule has 7 heteroatoms. The Hall–Kier alpha value is -1.96. The number of hydrogen-bond donors (Lipinski definition) is 0. The molecule has 1 aromatic heterocycles. The minimum absolute atomic E-state index is 0.120. The molecule has 1 aromatic carbocycles. The van der Waals surface area contributed by atoms with Gasteiger partial charge in [0.25, 0.3) is 0 Å². The van der Waals surface area contributed by atoms with Crippen molar-refractivity contribution in [3.05, 3.63) is 41.5 Å². The number of aromatic nitrogens is 2. The summed E-state index contributed by atoms with van der Waals surface area (Å²) in [5.74, 6) is 1.90. The lowest BCUT2D eigenvalue weighted by Gasteiger charge is -2.43. The zero-order valence-electron chi connectivity index (χ0n) is 16.0. The summed E-state index contributed by atoms with van der Waals surface area (Å²) in [6.07, 6.45) is 2.30. The van der Waals surface area contributed by atoms with Crippen molar-refractivity contribution in [3.8, 4) is 5.75 Å². The van der Waals surface area contributed by atoms with Crippen LogP contribution < -0.4 is 4.74 Å². The lowest BCUT2D eigenvalue weighted by atomic mass is 9.98. The summed E-state index contributed by atoms with van der Waals surface area (Å²) < 4.78 is 22.6. The van der Waals surface area contributed by atoms with Crippen LogP contribution in [0, 0.1) is 6.92 Å². The van der Waals surface area contributed by atoms with Crippen molar-refractivity contribution in [2.45, 2.75) is 51.5 Å². The summed E-state index contributed by atoms with van der Waals surface area (Å²) in [6.45, 7) is 8.58. The highest BCUT2D eigenvalue weighted by molar-refractivity contribution is 5.27. The second kappa shape index (κ2) is 7.96. The lowest BCUT2D eigenvalue weighted by Crippen LogP contribution is -2.55. The van der Waals surface area contributed by atoms with Gasteiger partial charge >= 0.3 is 0 Å². The molecule has 0 N–H and O–H groups in total. The first kappa shape index (κ1) is 18.4. The van der Waals surface area contributed by atoms with Crippen molar-refractivity contribution >= 4 is 0 Å². The number of rotatable bonds is 6. The standard InChI is InChI=1S/C20H27N3O4/c1-3-17-11-23(13-20(26-17)8-9-24-14-20)10-16-4-6-18(7-5-16)25-12-19-21-15(2)27-22-19/h4-7,17H,3,8-14H2,1-2H3. The Morgan fingerprint density at radius 1 is 1.30 bits per heavy atom. The Balaban J connectivity index is 1.34. The molecule has 0 aliphatic carbocycles. The maximum absolute atomic E-state index is 6.34. The van der Waals surface area contributed by atoms with Gasteiger partial charge in [0, 0.05) is 39.6 Å². The van der Waals surface area contributed by atoms with Crippen molar-refractivity contribution in [3.63, 3.8) is 0 Å². The van der Waals surface area contributed by atoms with Gasteiger partial charge in [-0.15, -0.1) is 0 Å². The van der Waals surface area contributed by atoms with Gasteiger partial charge in [0.1, 0.15) is 11.4 Å². The van der Waals surface area contributed by atoms with E-state index in [1.165, 1.54) is 5.56 Å². The molecule has 2 fully saturated rings. The van der Waals surface area contributed by atoms with E-state index >= 15 is 0 Å². The molecule has 4 rings (SSSR count). The molecule has 146 valence electrons. The summed E-state index contributed by atoms with van der Waals surface area (Å²) in [6, 6.07) is 8.22. The van der Waals surface area contributed by atoms with E-state index in [-0.39, 0.29) is 11.7 Å². The number of morpholine rings is 1. The fraction of sp³-hybridized carbons (Fsp3) is 0.600. The van der Waals surface area contributed by atoms with Crippen molar-refractivity contribution in [1.29, 1.82) is 0 Å². The van der Waals surface area contributed by atoms with Gasteiger partial charge in [0.2, 0.25) is 11.7 Å². The Kier molecular flexibility index (Phi) is 5.43. The Bertz CT molecular complexity index is 740. The minimum atomic E-state index is -0.120. The summed E-state index contributed by atoms with van der Waals surface area (Å²) in [5, 5.41) is 3.84. The van der Waals surface area contributed by atoms with Crippen molar-refractivity contribution in [2.24, 2.45) is 0 Å². The van der Waals surface area contributed by atoms with Crippen LogP contribution in [0.3, 0.4) is 0 Å². The van der Waals surface area contributed by atoms with E-state index in [4.69, 9.17) is 18.7 Å². The molecule has 2 aliphatic rings. The van der Waals surface area contributed by atoms with Gasteiger partial charge in [0.05, 0.1) is 12.7 Å². The zero-order valence-corrected chi connectivity index (χ0v) is 16.0. The van der Waals surface area contributed by atoms with E-state index in [1.54, 1.807) is 6.92 Å². The van der Waals surface area contributed by atoms with E-state index in [2.05, 4.69) is 34.1 Å². The fourth-order valence-corrected chi connectivity index (χ4v) is 3.82. The summed E-state index contributed by atoms with van der Waals surface area (Å²) in [7, 11) is 0. The van der Waals surface area contributed by atoms with Crippen LogP contribution in [-0.2, 0) is 22.6 Å². The van der Waals surface area contributed by atoms with E-state index in [9.17, 15) is 0 Å². The molecule has 2 aromatic rings. The molecular formula is C20H27N3O4. The van der Waals surface area contributed by atoms with Crippen LogP contribution in [-0.4, -0.2) is 53.0 Å². The molecule has 27 heavy (non-hydrogen) atoms. The maximum atomic E-state index is 6.34. The average Bonchev–Trinajstić information content (AvgIpc) is 3.29. The average molecular weight is 373 g/mol. The van der Waals surface area contributed by atoms with Gasteiger partial charge in [-0.2, -0.15) is 4.98 Å². The Morgan fingerprint density at radius 3 is 2.81 bits per heavy atom. The predicted molar refractivity (Wildman–Crippen MR) is 98.4 cm³/mol. The van der Waals surface area contributed by atoms with Gasteiger partial charge in [0.15, 0.2) is 6.61 Å². The quantitative estimate of drug-likeness (QED) is 0.771. The van der Waals surface area contributed by atoms with Crippen LogP contribution in [0.2, 0.25) is 0 Å². The monoisotopic (exact) mass is 373 g/mol. The molecule has 2 unspecified atom stereocenters. The van der Waals surface area contributed by atoms with Gasteiger partial charge in [-0.1, -0.05) is 24.2 Å². The third-order valence-electron chi connectivity index (χ3n) is 5.18. The van der Waals surface area contributed by atoms with Crippen molar-refractivity contribution in [1.82, 2.24) is 15.0 Å². The van der Waals surface area contributed by atoms with Gasteiger partial charge in [-0.3, -0.25) is 4.90 Å². The van der Waals surface area contributed by atoms with Crippen LogP contribution in [0.4, 0.5) is 0 Å². The van der Waals surface area contributed by atoms with E-state index in [0.717, 1.165) is 44.8 Å². The van der Waals surface area contributed by atoms with E-state index in [0.29, 0.717) is 24.9 Å². The molecular weight excluding hydrogens is 346 g/mol. The summed E-state index contributed by atoms with van der Waals surface area (Å²) >= 11 is 0. The summed E-state index contributed by atoms with van der Waals surface area (Å²) in [4.78, 5) is 6.63. The molecule has 1 spiro atoms. The molecule has 3 heterocycles. The molecule has 2 saturated heterocycles. The molecule has 0 bridgehead atoms. The second-order valence-corrected chi connectivity index (χ2v) is 7.47. The largest absolute Gasteiger partial charge is 0.485 e. The van der Waals surface area contributed by atoms with Crippen LogP contribution in [0.5, 0.6) is 5.75 Å². The molecule has 0 radical (unpaired) electrons. The number of benzene rings is 1. The van der Waals surface area contributed by atoms with Crippen LogP contribution in [0.25, 0.3) is 0 Å². The van der Waals surface area contributed by atoms with Crippen LogP contribution in [0.1, 0.15) is 37.0 Å². The van der Waals surface area contributed by atoms with E-state index < -0.39 is 0 Å². The molecule has 0 amide bonds. The number of ether oxygens (including phenoxy) is 3. The normalized spacial score (nSPS) is 25.9. The second-order valence-electron chi connectivity index (χ2n) is 7.47. The van der Waals surface area contributed by atoms with Gasteiger partial charge < -0.3 is 18.7 Å². The SMILES string of the molecule is CCC1CN(Cc2ccc(OCc3noc(C)n3)cc2)CC2(CCOC2)O1. The van der Waals surface area contributed by atoms with Gasteiger partial charge in [-0.05, 0) is 24.1 Å². The smallest absolute Gasteiger partial charge is 0.223 e. The third kappa shape index (κ3) is 4.48. The Morgan fingerprint density at radius 2 is 2.15 bits per heavy atom. The third-order valence-corrected chi connectivity index (χ3v) is 5.18.